The number of rotatable bonds is 6. The Hall–Kier alpha value is -3.46. The number of anilines is 1. The molecular formula is C19H17N7OS. The second kappa shape index (κ2) is 8.05. The van der Waals surface area contributed by atoms with Crippen LogP contribution < -0.4 is 5.32 Å². The Morgan fingerprint density at radius 3 is 2.89 bits per heavy atom. The quantitative estimate of drug-likeness (QED) is 0.542. The predicted molar refractivity (Wildman–Crippen MR) is 105 cm³/mol. The summed E-state index contributed by atoms with van der Waals surface area (Å²) in [4.78, 5) is 21.3. The Kier molecular flexibility index (Phi) is 5.16. The Morgan fingerprint density at radius 1 is 1.18 bits per heavy atom. The van der Waals surface area contributed by atoms with E-state index in [9.17, 15) is 4.79 Å². The maximum absolute atomic E-state index is 12.4. The molecule has 1 aromatic carbocycles. The topological polar surface area (TPSA) is 98.5 Å². The van der Waals surface area contributed by atoms with Crippen molar-refractivity contribution in [3.8, 4) is 5.69 Å². The summed E-state index contributed by atoms with van der Waals surface area (Å²) in [6.07, 6.45) is 2.65. The number of aromatic nitrogens is 6. The Bertz CT molecular complexity index is 1090. The van der Waals surface area contributed by atoms with Crippen molar-refractivity contribution in [2.24, 2.45) is 0 Å². The van der Waals surface area contributed by atoms with E-state index in [1.165, 1.54) is 11.3 Å². The molecule has 0 spiro atoms. The van der Waals surface area contributed by atoms with Gasteiger partial charge in [-0.3, -0.25) is 9.78 Å². The lowest BCUT2D eigenvalue weighted by atomic mass is 10.2. The highest BCUT2D eigenvalue weighted by molar-refractivity contribution is 7.09. The first-order valence-corrected chi connectivity index (χ1v) is 9.54. The molecule has 0 bridgehead atoms. The van der Waals surface area contributed by atoms with Gasteiger partial charge in [-0.15, -0.1) is 16.4 Å². The molecule has 0 unspecified atom stereocenters. The Balaban J connectivity index is 1.39. The lowest BCUT2D eigenvalue weighted by molar-refractivity contribution is -0.115. The zero-order chi connectivity index (χ0) is 19.3. The van der Waals surface area contributed by atoms with E-state index in [0.29, 0.717) is 17.9 Å². The first-order chi connectivity index (χ1) is 13.7. The van der Waals surface area contributed by atoms with Crippen molar-refractivity contribution in [1.29, 1.82) is 0 Å². The smallest absolute Gasteiger partial charge is 0.230 e. The van der Waals surface area contributed by atoms with Gasteiger partial charge in [0.15, 0.2) is 5.82 Å². The third-order valence-corrected chi connectivity index (χ3v) is 4.90. The molecule has 28 heavy (non-hydrogen) atoms. The van der Waals surface area contributed by atoms with Crippen LogP contribution in [0.4, 0.5) is 5.69 Å². The standard InChI is InChI=1S/C19H17N7OS/c1-13-23-24-25-26(13)17-7-4-6-15(9-17)21-18(27)10-16-12-28-19(22-16)11-14-5-2-3-8-20-14/h2-9,12H,10-11H2,1H3,(H,21,27). The van der Waals surface area contributed by atoms with Gasteiger partial charge in [-0.1, -0.05) is 12.1 Å². The van der Waals surface area contributed by atoms with Gasteiger partial charge >= 0.3 is 0 Å². The highest BCUT2D eigenvalue weighted by atomic mass is 32.1. The fraction of sp³-hybridized carbons (Fsp3) is 0.158. The molecule has 0 aliphatic carbocycles. The largest absolute Gasteiger partial charge is 0.326 e. The Labute approximate surface area is 165 Å². The third-order valence-electron chi connectivity index (χ3n) is 4.00. The van der Waals surface area contributed by atoms with Crippen molar-refractivity contribution in [1.82, 2.24) is 30.2 Å². The van der Waals surface area contributed by atoms with Crippen LogP contribution in [0.25, 0.3) is 5.69 Å². The molecule has 8 nitrogen and oxygen atoms in total. The van der Waals surface area contributed by atoms with E-state index in [4.69, 9.17) is 0 Å². The molecule has 140 valence electrons. The van der Waals surface area contributed by atoms with Crippen molar-refractivity contribution >= 4 is 22.9 Å². The van der Waals surface area contributed by atoms with Crippen LogP contribution in [0.2, 0.25) is 0 Å². The van der Waals surface area contributed by atoms with Gasteiger partial charge in [0.2, 0.25) is 5.91 Å². The molecule has 3 heterocycles. The van der Waals surface area contributed by atoms with E-state index >= 15 is 0 Å². The molecule has 0 fully saturated rings. The van der Waals surface area contributed by atoms with Crippen LogP contribution in [-0.2, 0) is 17.6 Å². The number of amides is 1. The number of nitrogens with zero attached hydrogens (tertiary/aromatic N) is 6. The molecule has 9 heteroatoms. The van der Waals surface area contributed by atoms with Gasteiger partial charge < -0.3 is 5.32 Å². The molecule has 0 saturated carbocycles. The molecule has 3 aromatic heterocycles. The van der Waals surface area contributed by atoms with Crippen molar-refractivity contribution in [3.63, 3.8) is 0 Å². The monoisotopic (exact) mass is 391 g/mol. The summed E-state index contributed by atoms with van der Waals surface area (Å²) in [6.45, 7) is 1.82. The minimum Gasteiger partial charge on any atom is -0.326 e. The molecule has 0 saturated heterocycles. The zero-order valence-electron chi connectivity index (χ0n) is 15.1. The van der Waals surface area contributed by atoms with Crippen molar-refractivity contribution in [2.45, 2.75) is 19.8 Å². The molecule has 1 amide bonds. The molecule has 0 atom stereocenters. The fourth-order valence-electron chi connectivity index (χ4n) is 2.72. The molecule has 0 aliphatic rings. The van der Waals surface area contributed by atoms with Gasteiger partial charge in [0.05, 0.1) is 22.8 Å². The van der Waals surface area contributed by atoms with Gasteiger partial charge in [-0.2, -0.15) is 4.68 Å². The average Bonchev–Trinajstić information content (AvgIpc) is 3.31. The van der Waals surface area contributed by atoms with Crippen LogP contribution in [0, 0.1) is 6.92 Å². The van der Waals surface area contributed by atoms with E-state index in [0.717, 1.165) is 22.1 Å². The summed E-state index contributed by atoms with van der Waals surface area (Å²) < 4.78 is 1.61. The Morgan fingerprint density at radius 2 is 2.11 bits per heavy atom. The molecule has 4 aromatic rings. The summed E-state index contributed by atoms with van der Waals surface area (Å²) in [7, 11) is 0. The molecule has 4 rings (SSSR count). The molecule has 1 N–H and O–H groups in total. The highest BCUT2D eigenvalue weighted by Crippen LogP contribution is 2.17. The fourth-order valence-corrected chi connectivity index (χ4v) is 3.53. The molecule has 0 aliphatic heterocycles. The maximum Gasteiger partial charge on any atom is 0.230 e. The number of benzene rings is 1. The summed E-state index contributed by atoms with van der Waals surface area (Å²) in [5.41, 5.74) is 3.18. The zero-order valence-corrected chi connectivity index (χ0v) is 15.9. The van der Waals surface area contributed by atoms with Crippen LogP contribution >= 0.6 is 11.3 Å². The number of carbonyl (C=O) groups excluding carboxylic acids is 1. The van der Waals surface area contributed by atoms with Crippen molar-refractivity contribution < 1.29 is 4.79 Å². The number of hydrogen-bond donors (Lipinski definition) is 1. The van der Waals surface area contributed by atoms with E-state index < -0.39 is 0 Å². The van der Waals surface area contributed by atoms with Crippen molar-refractivity contribution in [3.05, 3.63) is 76.3 Å². The maximum atomic E-state index is 12.4. The lowest BCUT2D eigenvalue weighted by Crippen LogP contribution is -2.15. The van der Waals surface area contributed by atoms with Crippen LogP contribution in [-0.4, -0.2) is 36.1 Å². The molecule has 0 radical (unpaired) electrons. The van der Waals surface area contributed by atoms with Crippen molar-refractivity contribution in [2.75, 3.05) is 5.32 Å². The second-order valence-electron chi connectivity index (χ2n) is 6.14. The van der Waals surface area contributed by atoms with E-state index in [2.05, 4.69) is 30.8 Å². The first-order valence-electron chi connectivity index (χ1n) is 8.66. The van der Waals surface area contributed by atoms with E-state index in [1.54, 1.807) is 10.9 Å². The minimum absolute atomic E-state index is 0.125. The first kappa shape index (κ1) is 17.9. The highest BCUT2D eigenvalue weighted by Gasteiger charge is 2.10. The summed E-state index contributed by atoms with van der Waals surface area (Å²) in [5.74, 6) is 0.548. The minimum atomic E-state index is -0.125. The number of thiazole rings is 1. The van der Waals surface area contributed by atoms with E-state index in [1.807, 2.05) is 54.8 Å². The normalized spacial score (nSPS) is 10.8. The number of aryl methyl sites for hydroxylation is 1. The van der Waals surface area contributed by atoms with Crippen LogP contribution in [0.1, 0.15) is 22.2 Å². The number of nitrogens with one attached hydrogen (secondary N) is 1. The average molecular weight is 391 g/mol. The third kappa shape index (κ3) is 4.26. The second-order valence-corrected chi connectivity index (χ2v) is 7.09. The molecular weight excluding hydrogens is 374 g/mol. The van der Waals surface area contributed by atoms with Gasteiger partial charge in [0, 0.05) is 29.4 Å². The van der Waals surface area contributed by atoms with Crippen LogP contribution in [0.3, 0.4) is 0 Å². The van der Waals surface area contributed by atoms with Gasteiger partial charge in [0.1, 0.15) is 0 Å². The summed E-state index contributed by atoms with van der Waals surface area (Å²) in [6, 6.07) is 13.2. The van der Waals surface area contributed by atoms with Gasteiger partial charge in [-0.05, 0) is 47.7 Å². The summed E-state index contributed by atoms with van der Waals surface area (Å²) >= 11 is 1.54. The predicted octanol–water partition coefficient (Wildman–Crippen LogP) is 2.59. The van der Waals surface area contributed by atoms with Crippen LogP contribution in [0.15, 0.2) is 54.0 Å². The number of pyridine rings is 1. The van der Waals surface area contributed by atoms with E-state index in [-0.39, 0.29) is 12.3 Å². The number of tetrazole rings is 1. The summed E-state index contributed by atoms with van der Waals surface area (Å²) in [5, 5.41) is 17.2. The number of carbonyl (C=O) groups is 1. The number of hydrogen-bond acceptors (Lipinski definition) is 7. The van der Waals surface area contributed by atoms with Gasteiger partial charge in [0.25, 0.3) is 0 Å². The lowest BCUT2D eigenvalue weighted by Gasteiger charge is -2.07. The SMILES string of the molecule is Cc1nnnn1-c1cccc(NC(=O)Cc2csc(Cc3ccccn3)n2)c1. The van der Waals surface area contributed by atoms with Gasteiger partial charge in [-0.25, -0.2) is 4.98 Å². The van der Waals surface area contributed by atoms with Crippen LogP contribution in [0.5, 0.6) is 0 Å².